The monoisotopic (exact) mass is 254 g/mol. The van der Waals surface area contributed by atoms with Gasteiger partial charge >= 0.3 is 5.97 Å². The summed E-state index contributed by atoms with van der Waals surface area (Å²) in [4.78, 5) is 17.7. The first-order valence-corrected chi connectivity index (χ1v) is 6.15. The Bertz CT molecular complexity index is 731. The Morgan fingerprint density at radius 1 is 1.53 bits per heavy atom. The molecular weight excluding hydrogens is 240 g/mol. The highest BCUT2D eigenvalue weighted by molar-refractivity contribution is 5.81. The molecule has 4 nitrogen and oxygen atoms in total. The van der Waals surface area contributed by atoms with Crippen LogP contribution in [0.5, 0.6) is 0 Å². The third-order valence-electron chi connectivity index (χ3n) is 3.69. The van der Waals surface area contributed by atoms with Gasteiger partial charge in [0.25, 0.3) is 0 Å². The molecule has 0 radical (unpaired) electrons. The molecule has 4 heteroatoms. The van der Waals surface area contributed by atoms with Gasteiger partial charge in [0.05, 0.1) is 11.1 Å². The molecule has 3 rings (SSSR count). The molecule has 1 N–H and O–H groups in total. The fraction of sp³-hybridized carbons (Fsp3) is 0.200. The van der Waals surface area contributed by atoms with Gasteiger partial charge in [0.2, 0.25) is 0 Å². The van der Waals surface area contributed by atoms with Gasteiger partial charge in [-0.15, -0.1) is 0 Å². The number of fused-ring (bicyclic) bond motifs is 2. The van der Waals surface area contributed by atoms with E-state index in [2.05, 4.69) is 11.6 Å². The Balaban J connectivity index is 2.29. The van der Waals surface area contributed by atoms with Crippen molar-refractivity contribution in [3.63, 3.8) is 0 Å². The van der Waals surface area contributed by atoms with Gasteiger partial charge in [-0.2, -0.15) is 0 Å². The fourth-order valence-electron chi connectivity index (χ4n) is 2.77. The van der Waals surface area contributed by atoms with E-state index in [9.17, 15) is 9.90 Å². The quantitative estimate of drug-likeness (QED) is 0.856. The highest BCUT2D eigenvalue weighted by Crippen LogP contribution is 2.33. The first-order valence-electron chi connectivity index (χ1n) is 6.15. The van der Waals surface area contributed by atoms with E-state index < -0.39 is 12.0 Å². The van der Waals surface area contributed by atoms with Gasteiger partial charge in [-0.05, 0) is 24.8 Å². The molecule has 0 aromatic heterocycles. The van der Waals surface area contributed by atoms with Crippen molar-refractivity contribution in [2.45, 2.75) is 19.4 Å². The highest BCUT2D eigenvalue weighted by Gasteiger charge is 2.34. The summed E-state index contributed by atoms with van der Waals surface area (Å²) in [6.45, 7) is 5.60. The molecule has 0 saturated carbocycles. The van der Waals surface area contributed by atoms with E-state index in [-0.39, 0.29) is 0 Å². The number of rotatable bonds is 2. The summed E-state index contributed by atoms with van der Waals surface area (Å²) in [7, 11) is 0. The first-order chi connectivity index (χ1) is 9.13. The van der Waals surface area contributed by atoms with Crippen LogP contribution in [0.1, 0.15) is 13.3 Å². The number of aliphatic carboxylic acids is 1. The van der Waals surface area contributed by atoms with Gasteiger partial charge in [-0.1, -0.05) is 24.8 Å². The molecule has 1 unspecified atom stereocenters. The molecule has 2 heterocycles. The smallest absolute Gasteiger partial charge is 0.327 e. The van der Waals surface area contributed by atoms with E-state index in [1.165, 1.54) is 0 Å². The number of benzene rings is 1. The van der Waals surface area contributed by atoms with Crippen molar-refractivity contribution >= 4 is 11.5 Å². The van der Waals surface area contributed by atoms with Crippen molar-refractivity contribution in [2.24, 2.45) is 4.99 Å². The lowest BCUT2D eigenvalue weighted by molar-refractivity contribution is -0.141. The summed E-state index contributed by atoms with van der Waals surface area (Å²) in [5.74, 6) is -0.838. The molecule has 0 fully saturated rings. The number of carboxylic acid groups (broad SMARTS) is 1. The van der Waals surface area contributed by atoms with Crippen molar-refractivity contribution in [3.8, 4) is 0 Å². The second kappa shape index (κ2) is 4.09. The standard InChI is InChI=1S/C15H14N2O2/c1-3-17-9(2)14-11(8-13(17)15(18)19)10-6-4-5-7-12(10)16-14/h3-7,13H,1,8H2,2H3,(H,18,19). The van der Waals surface area contributed by atoms with Gasteiger partial charge in [-0.25, -0.2) is 9.79 Å². The van der Waals surface area contributed by atoms with Crippen LogP contribution in [0.25, 0.3) is 5.57 Å². The predicted octanol–water partition coefficient (Wildman–Crippen LogP) is 1.00. The molecule has 2 aliphatic heterocycles. The SMILES string of the molecule is C=CN1C(C)=C2N=c3ccccc3=C2CC1C(=O)O. The lowest BCUT2D eigenvalue weighted by Crippen LogP contribution is -2.40. The summed E-state index contributed by atoms with van der Waals surface area (Å²) in [5, 5.41) is 11.3. The van der Waals surface area contributed by atoms with E-state index in [0.717, 1.165) is 27.5 Å². The Labute approximate surface area is 110 Å². The summed E-state index contributed by atoms with van der Waals surface area (Å²) in [6, 6.07) is 7.25. The minimum atomic E-state index is -0.838. The Kier molecular flexibility index (Phi) is 2.52. The fourth-order valence-corrected chi connectivity index (χ4v) is 2.77. The lowest BCUT2D eigenvalue weighted by Gasteiger charge is -2.33. The van der Waals surface area contributed by atoms with Gasteiger partial charge in [0.1, 0.15) is 6.04 Å². The molecule has 1 atom stereocenters. The van der Waals surface area contributed by atoms with Crippen LogP contribution in [0.15, 0.2) is 53.4 Å². The van der Waals surface area contributed by atoms with E-state index in [4.69, 9.17) is 0 Å². The molecule has 0 saturated heterocycles. The van der Waals surface area contributed by atoms with Crippen LogP contribution in [-0.2, 0) is 4.79 Å². The van der Waals surface area contributed by atoms with Crippen molar-refractivity contribution < 1.29 is 9.90 Å². The zero-order valence-corrected chi connectivity index (χ0v) is 10.6. The van der Waals surface area contributed by atoms with Gasteiger partial charge in [-0.3, -0.25) is 0 Å². The van der Waals surface area contributed by atoms with Crippen LogP contribution < -0.4 is 10.6 Å². The molecule has 96 valence electrons. The summed E-state index contributed by atoms with van der Waals surface area (Å²) >= 11 is 0. The number of hydrogen-bond acceptors (Lipinski definition) is 3. The second-order valence-corrected chi connectivity index (χ2v) is 4.69. The number of nitrogens with zero attached hydrogens (tertiary/aromatic N) is 2. The van der Waals surface area contributed by atoms with E-state index in [1.54, 1.807) is 11.1 Å². The maximum Gasteiger partial charge on any atom is 0.327 e. The van der Waals surface area contributed by atoms with E-state index in [0.29, 0.717) is 6.42 Å². The van der Waals surface area contributed by atoms with Crippen molar-refractivity contribution in [2.75, 3.05) is 0 Å². The molecule has 0 amide bonds. The number of hydrogen-bond donors (Lipinski definition) is 1. The van der Waals surface area contributed by atoms with Crippen molar-refractivity contribution in [1.82, 2.24) is 4.90 Å². The minimum Gasteiger partial charge on any atom is -0.480 e. The highest BCUT2D eigenvalue weighted by atomic mass is 16.4. The maximum atomic E-state index is 11.4. The summed E-state index contributed by atoms with van der Waals surface area (Å²) in [6.07, 6.45) is 2.02. The van der Waals surface area contributed by atoms with Crippen molar-refractivity contribution in [1.29, 1.82) is 0 Å². The van der Waals surface area contributed by atoms with Gasteiger partial charge in [0, 0.05) is 17.3 Å². The number of allylic oxidation sites excluding steroid dienone is 2. The third-order valence-corrected chi connectivity index (χ3v) is 3.69. The Morgan fingerprint density at radius 3 is 2.95 bits per heavy atom. The van der Waals surface area contributed by atoms with Crippen LogP contribution in [0.4, 0.5) is 0 Å². The van der Waals surface area contributed by atoms with Crippen molar-refractivity contribution in [3.05, 3.63) is 59.0 Å². The van der Waals surface area contributed by atoms with Gasteiger partial charge in [0.15, 0.2) is 0 Å². The average Bonchev–Trinajstić information content (AvgIpc) is 2.77. The largest absolute Gasteiger partial charge is 0.480 e. The lowest BCUT2D eigenvalue weighted by atomic mass is 9.95. The Hall–Kier alpha value is -2.36. The molecule has 19 heavy (non-hydrogen) atoms. The van der Waals surface area contributed by atoms with Crippen LogP contribution in [-0.4, -0.2) is 22.0 Å². The van der Waals surface area contributed by atoms with E-state index >= 15 is 0 Å². The maximum absolute atomic E-state index is 11.4. The number of carbonyl (C=O) groups is 1. The molecule has 0 bridgehead atoms. The van der Waals surface area contributed by atoms with Crippen LogP contribution in [0.3, 0.4) is 0 Å². The van der Waals surface area contributed by atoms with Gasteiger partial charge < -0.3 is 10.0 Å². The molecule has 1 aromatic rings. The summed E-state index contributed by atoms with van der Waals surface area (Å²) in [5.41, 5.74) is 2.76. The average molecular weight is 254 g/mol. The molecule has 1 aromatic carbocycles. The summed E-state index contributed by atoms with van der Waals surface area (Å²) < 4.78 is 0. The van der Waals surface area contributed by atoms with Crippen LogP contribution in [0.2, 0.25) is 0 Å². The van der Waals surface area contributed by atoms with E-state index in [1.807, 2.05) is 31.2 Å². The number of carboxylic acids is 1. The van der Waals surface area contributed by atoms with Crippen LogP contribution in [0, 0.1) is 0 Å². The molecule has 2 aliphatic rings. The Morgan fingerprint density at radius 2 is 2.26 bits per heavy atom. The molecular formula is C15H14N2O2. The zero-order valence-electron chi connectivity index (χ0n) is 10.6. The molecule has 0 spiro atoms. The number of para-hydroxylation sites is 1. The molecule has 0 aliphatic carbocycles. The normalized spacial score (nSPS) is 20.8. The second-order valence-electron chi connectivity index (χ2n) is 4.69. The zero-order chi connectivity index (χ0) is 13.6. The minimum absolute atomic E-state index is 0.453. The topological polar surface area (TPSA) is 52.9 Å². The first kappa shape index (κ1) is 11.7. The van der Waals surface area contributed by atoms with Crippen LogP contribution >= 0.6 is 0 Å². The third kappa shape index (κ3) is 1.60. The predicted molar refractivity (Wildman–Crippen MR) is 71.4 cm³/mol.